The third-order valence-corrected chi connectivity index (χ3v) is 4.48. The molecule has 3 aromatic rings. The van der Waals surface area contributed by atoms with E-state index in [0.717, 1.165) is 5.56 Å². The van der Waals surface area contributed by atoms with Crippen molar-refractivity contribution in [2.45, 2.75) is 19.8 Å². The lowest BCUT2D eigenvalue weighted by Gasteiger charge is -2.20. The SMILES string of the molecule is CCN(CC(=O)Nc1cccc(OC)c1)C(=O)CCc1nc(-c2ccccc2)no1. The largest absolute Gasteiger partial charge is 0.497 e. The Hall–Kier alpha value is -3.68. The summed E-state index contributed by atoms with van der Waals surface area (Å²) in [7, 11) is 1.56. The van der Waals surface area contributed by atoms with E-state index in [4.69, 9.17) is 9.26 Å². The van der Waals surface area contributed by atoms with Crippen LogP contribution < -0.4 is 10.1 Å². The lowest BCUT2D eigenvalue weighted by molar-refractivity contribution is -0.134. The van der Waals surface area contributed by atoms with Gasteiger partial charge in [-0.3, -0.25) is 9.59 Å². The highest BCUT2D eigenvalue weighted by Gasteiger charge is 2.17. The van der Waals surface area contributed by atoms with Crippen LogP contribution in [0.3, 0.4) is 0 Å². The molecule has 0 aliphatic rings. The average molecular weight is 408 g/mol. The molecule has 8 heteroatoms. The molecule has 0 aliphatic heterocycles. The second-order valence-electron chi connectivity index (χ2n) is 6.57. The molecule has 30 heavy (non-hydrogen) atoms. The Labute approximate surface area is 174 Å². The third-order valence-electron chi connectivity index (χ3n) is 4.48. The molecule has 0 saturated carbocycles. The van der Waals surface area contributed by atoms with Crippen molar-refractivity contribution in [3.63, 3.8) is 0 Å². The Kier molecular flexibility index (Phi) is 7.15. The molecule has 2 amide bonds. The molecular weight excluding hydrogens is 384 g/mol. The van der Waals surface area contributed by atoms with Crippen LogP contribution in [0.5, 0.6) is 5.75 Å². The van der Waals surface area contributed by atoms with Gasteiger partial charge in [0.25, 0.3) is 0 Å². The number of amides is 2. The highest BCUT2D eigenvalue weighted by atomic mass is 16.5. The maximum Gasteiger partial charge on any atom is 0.243 e. The smallest absolute Gasteiger partial charge is 0.243 e. The predicted molar refractivity (Wildman–Crippen MR) is 112 cm³/mol. The Bertz CT molecular complexity index is 988. The van der Waals surface area contributed by atoms with E-state index in [2.05, 4.69) is 15.5 Å². The molecule has 1 N–H and O–H groups in total. The average Bonchev–Trinajstić information content (AvgIpc) is 3.25. The van der Waals surface area contributed by atoms with Gasteiger partial charge >= 0.3 is 0 Å². The van der Waals surface area contributed by atoms with E-state index in [1.54, 1.807) is 31.4 Å². The zero-order valence-electron chi connectivity index (χ0n) is 17.0. The number of aromatic nitrogens is 2. The van der Waals surface area contributed by atoms with Crippen molar-refractivity contribution in [2.75, 3.05) is 25.5 Å². The molecule has 0 saturated heterocycles. The molecule has 2 aromatic carbocycles. The van der Waals surface area contributed by atoms with E-state index < -0.39 is 0 Å². The fourth-order valence-electron chi connectivity index (χ4n) is 2.88. The lowest BCUT2D eigenvalue weighted by atomic mass is 10.2. The first-order valence-corrected chi connectivity index (χ1v) is 9.68. The minimum absolute atomic E-state index is 0.0361. The van der Waals surface area contributed by atoms with Crippen molar-refractivity contribution < 1.29 is 18.8 Å². The molecular formula is C22H24N4O4. The summed E-state index contributed by atoms with van der Waals surface area (Å²) in [4.78, 5) is 30.7. The van der Waals surface area contributed by atoms with E-state index in [0.29, 0.717) is 36.1 Å². The quantitative estimate of drug-likeness (QED) is 0.584. The number of benzene rings is 2. The number of nitrogens with one attached hydrogen (secondary N) is 1. The molecule has 0 bridgehead atoms. The standard InChI is InChI=1S/C22H24N4O4/c1-3-26(15-19(27)23-17-10-7-11-18(14-17)29-2)21(28)13-12-20-24-22(25-30-20)16-8-5-4-6-9-16/h4-11,14H,3,12-13,15H2,1-2H3,(H,23,27). The molecule has 156 valence electrons. The summed E-state index contributed by atoms with van der Waals surface area (Å²) < 4.78 is 10.4. The van der Waals surface area contributed by atoms with Gasteiger partial charge in [0.2, 0.25) is 23.5 Å². The number of carbonyl (C=O) groups is 2. The molecule has 1 aromatic heterocycles. The number of hydrogen-bond donors (Lipinski definition) is 1. The summed E-state index contributed by atoms with van der Waals surface area (Å²) in [6.45, 7) is 2.21. The predicted octanol–water partition coefficient (Wildman–Crippen LogP) is 3.17. The first kappa shape index (κ1) is 21.0. The number of ether oxygens (including phenoxy) is 1. The Morgan fingerprint density at radius 1 is 1.13 bits per heavy atom. The summed E-state index contributed by atoms with van der Waals surface area (Å²) in [5, 5.41) is 6.73. The van der Waals surface area contributed by atoms with Crippen LogP contribution in [-0.4, -0.2) is 47.1 Å². The minimum atomic E-state index is -0.275. The van der Waals surface area contributed by atoms with Gasteiger partial charge in [-0.15, -0.1) is 0 Å². The minimum Gasteiger partial charge on any atom is -0.497 e. The van der Waals surface area contributed by atoms with Crippen LogP contribution in [0.2, 0.25) is 0 Å². The Balaban J connectivity index is 1.52. The van der Waals surface area contributed by atoms with Gasteiger partial charge in [-0.25, -0.2) is 0 Å². The van der Waals surface area contributed by atoms with Crippen molar-refractivity contribution in [3.05, 3.63) is 60.5 Å². The van der Waals surface area contributed by atoms with E-state index in [9.17, 15) is 9.59 Å². The molecule has 0 unspecified atom stereocenters. The molecule has 0 aliphatic carbocycles. The summed E-state index contributed by atoms with van der Waals surface area (Å²) in [6.07, 6.45) is 0.489. The Morgan fingerprint density at radius 3 is 2.67 bits per heavy atom. The van der Waals surface area contributed by atoms with Crippen LogP contribution in [-0.2, 0) is 16.0 Å². The van der Waals surface area contributed by atoms with E-state index >= 15 is 0 Å². The van der Waals surface area contributed by atoms with Crippen molar-refractivity contribution in [1.82, 2.24) is 15.0 Å². The lowest BCUT2D eigenvalue weighted by Crippen LogP contribution is -2.38. The van der Waals surface area contributed by atoms with Gasteiger partial charge in [0, 0.05) is 36.7 Å². The highest BCUT2D eigenvalue weighted by molar-refractivity contribution is 5.94. The van der Waals surface area contributed by atoms with E-state index in [1.807, 2.05) is 37.3 Å². The second-order valence-corrected chi connectivity index (χ2v) is 6.57. The van der Waals surface area contributed by atoms with Gasteiger partial charge in [-0.2, -0.15) is 4.98 Å². The van der Waals surface area contributed by atoms with Crippen LogP contribution >= 0.6 is 0 Å². The second kappa shape index (κ2) is 10.2. The van der Waals surface area contributed by atoms with Crippen LogP contribution in [0, 0.1) is 0 Å². The fourth-order valence-corrected chi connectivity index (χ4v) is 2.88. The summed E-state index contributed by atoms with van der Waals surface area (Å²) >= 11 is 0. The molecule has 0 radical (unpaired) electrons. The van der Waals surface area contributed by atoms with Gasteiger partial charge in [-0.1, -0.05) is 41.6 Å². The molecule has 0 atom stereocenters. The molecule has 1 heterocycles. The van der Waals surface area contributed by atoms with Crippen LogP contribution in [0.25, 0.3) is 11.4 Å². The maximum atomic E-state index is 12.5. The molecule has 0 spiro atoms. The van der Waals surface area contributed by atoms with Gasteiger partial charge in [0.15, 0.2) is 0 Å². The molecule has 0 fully saturated rings. The summed E-state index contributed by atoms with van der Waals surface area (Å²) in [6, 6.07) is 16.5. The number of rotatable bonds is 9. The van der Waals surface area contributed by atoms with Crippen molar-refractivity contribution in [2.24, 2.45) is 0 Å². The van der Waals surface area contributed by atoms with Crippen LogP contribution in [0.4, 0.5) is 5.69 Å². The van der Waals surface area contributed by atoms with Gasteiger partial charge in [0.1, 0.15) is 5.75 Å². The maximum absolute atomic E-state index is 12.5. The third kappa shape index (κ3) is 5.66. The first-order valence-electron chi connectivity index (χ1n) is 9.68. The molecule has 3 rings (SSSR count). The zero-order chi connectivity index (χ0) is 21.3. The van der Waals surface area contributed by atoms with Crippen molar-refractivity contribution in [1.29, 1.82) is 0 Å². The topological polar surface area (TPSA) is 97.6 Å². The highest BCUT2D eigenvalue weighted by Crippen LogP contribution is 2.17. The van der Waals surface area contributed by atoms with Crippen molar-refractivity contribution in [3.8, 4) is 17.1 Å². The number of methoxy groups -OCH3 is 1. The zero-order valence-corrected chi connectivity index (χ0v) is 17.0. The van der Waals surface area contributed by atoms with E-state index in [1.165, 1.54) is 4.90 Å². The van der Waals surface area contributed by atoms with Crippen LogP contribution in [0.1, 0.15) is 19.2 Å². The van der Waals surface area contributed by atoms with Gasteiger partial charge < -0.3 is 19.5 Å². The fraction of sp³-hybridized carbons (Fsp3) is 0.273. The summed E-state index contributed by atoms with van der Waals surface area (Å²) in [5.41, 5.74) is 1.46. The molecule has 8 nitrogen and oxygen atoms in total. The van der Waals surface area contributed by atoms with Crippen molar-refractivity contribution >= 4 is 17.5 Å². The number of likely N-dealkylation sites (N-methyl/N-ethyl adjacent to an activating group) is 1. The van der Waals surface area contributed by atoms with Gasteiger partial charge in [-0.05, 0) is 19.1 Å². The number of anilines is 1. The van der Waals surface area contributed by atoms with Gasteiger partial charge in [0.05, 0.1) is 13.7 Å². The number of nitrogens with zero attached hydrogens (tertiary/aromatic N) is 3. The summed E-state index contributed by atoms with van der Waals surface area (Å²) in [5.74, 6) is 1.09. The number of hydrogen-bond acceptors (Lipinski definition) is 6. The van der Waals surface area contributed by atoms with E-state index in [-0.39, 0.29) is 24.8 Å². The normalized spacial score (nSPS) is 10.5. The monoisotopic (exact) mass is 408 g/mol. The Morgan fingerprint density at radius 2 is 1.93 bits per heavy atom. The number of carbonyl (C=O) groups excluding carboxylic acids is 2. The number of aryl methyl sites for hydroxylation is 1. The first-order chi connectivity index (χ1) is 14.6. The van der Waals surface area contributed by atoms with Crippen LogP contribution in [0.15, 0.2) is 59.1 Å².